The molecule has 6 nitrogen and oxygen atoms in total. The Morgan fingerprint density at radius 3 is 0.741 bits per heavy atom. The second-order valence-electron chi connectivity index (χ2n) is 24.1. The number of ether oxygens (including phenoxy) is 3. The highest BCUT2D eigenvalue weighted by atomic mass is 16.6. The molecule has 0 fully saturated rings. The van der Waals surface area contributed by atoms with Gasteiger partial charge in [0.25, 0.3) is 0 Å². The molecule has 1 unspecified atom stereocenters. The van der Waals surface area contributed by atoms with Crippen molar-refractivity contribution in [3.8, 4) is 0 Å². The van der Waals surface area contributed by atoms with Gasteiger partial charge in [0.15, 0.2) is 6.10 Å². The molecule has 0 amide bonds. The van der Waals surface area contributed by atoms with Crippen molar-refractivity contribution in [1.82, 2.24) is 0 Å². The summed E-state index contributed by atoms with van der Waals surface area (Å²) in [6.45, 7) is 6.61. The van der Waals surface area contributed by atoms with Crippen molar-refractivity contribution in [2.75, 3.05) is 13.2 Å². The third-order valence-corrected chi connectivity index (χ3v) is 16.0. The van der Waals surface area contributed by atoms with Crippen LogP contribution in [0.1, 0.15) is 380 Å². The van der Waals surface area contributed by atoms with Crippen LogP contribution in [0.15, 0.2) is 60.8 Å². The molecule has 0 aliphatic heterocycles. The largest absolute Gasteiger partial charge is 0.462 e. The molecule has 0 aliphatic rings. The molecule has 0 bridgehead atoms. The standard InChI is InChI=1S/C75H136O6/c1-4-7-10-13-16-19-22-25-27-29-31-33-35-36-37-38-40-41-43-45-47-50-53-56-59-62-65-68-74(77)80-71-72(70-79-73(76)67-64-61-58-55-52-49-24-21-18-15-12-9-6-3)81-75(78)69-66-63-60-57-54-51-48-46-44-42-39-34-32-30-28-26-23-20-17-14-11-8-5-2/h12,15,21-22,24-25,29,31,35-36,72H,4-11,13-14,16-20,23,26-28,30,32-34,37-71H2,1-3H3/b15-12-,24-21-,25-22-,31-29-,36-35-. The first kappa shape index (κ1) is 78.1. The molecule has 472 valence electrons. The van der Waals surface area contributed by atoms with Crippen molar-refractivity contribution in [2.24, 2.45) is 0 Å². The van der Waals surface area contributed by atoms with Crippen molar-refractivity contribution >= 4 is 17.9 Å². The quantitative estimate of drug-likeness (QED) is 0.0261. The summed E-state index contributed by atoms with van der Waals surface area (Å²) in [6, 6.07) is 0. The lowest BCUT2D eigenvalue weighted by Crippen LogP contribution is -2.30. The summed E-state index contributed by atoms with van der Waals surface area (Å²) >= 11 is 0. The molecular weight excluding hydrogens is 997 g/mol. The monoisotopic (exact) mass is 1130 g/mol. The second kappa shape index (κ2) is 69.6. The van der Waals surface area contributed by atoms with Gasteiger partial charge in [-0.25, -0.2) is 0 Å². The number of carbonyl (C=O) groups is 3. The smallest absolute Gasteiger partial charge is 0.306 e. The van der Waals surface area contributed by atoms with E-state index in [-0.39, 0.29) is 31.1 Å². The average molecular weight is 1130 g/mol. The van der Waals surface area contributed by atoms with E-state index in [4.69, 9.17) is 14.2 Å². The highest BCUT2D eigenvalue weighted by Crippen LogP contribution is 2.18. The van der Waals surface area contributed by atoms with E-state index in [1.807, 2.05) is 0 Å². The Hall–Kier alpha value is -2.89. The maximum absolute atomic E-state index is 13.0. The maximum atomic E-state index is 13.0. The number of esters is 3. The predicted octanol–water partition coefficient (Wildman–Crippen LogP) is 24.7. The molecule has 0 saturated heterocycles. The molecule has 0 heterocycles. The summed E-state index contributed by atoms with van der Waals surface area (Å²) in [6.07, 6.45) is 89.7. The third kappa shape index (κ3) is 67.8. The van der Waals surface area contributed by atoms with Gasteiger partial charge in [-0.3, -0.25) is 14.4 Å². The molecule has 1 atom stereocenters. The number of carbonyl (C=O) groups excluding carboxylic acids is 3. The highest BCUT2D eigenvalue weighted by molar-refractivity contribution is 5.71. The van der Waals surface area contributed by atoms with Gasteiger partial charge in [-0.05, 0) is 83.5 Å². The SMILES string of the molecule is CCC/C=C\C/C=C\CCCCCCCC(=O)OCC(COC(=O)CCCCCCCCCCCCCC/C=C\C/C=C\C/C=C\CCCCCCC)OC(=O)CCCCCCCCCCCCCCCCCCCCCCCCC. The maximum Gasteiger partial charge on any atom is 0.306 e. The number of allylic oxidation sites excluding steroid dienone is 10. The fourth-order valence-corrected chi connectivity index (χ4v) is 10.6. The summed E-state index contributed by atoms with van der Waals surface area (Å²) in [5.41, 5.74) is 0. The first-order valence-electron chi connectivity index (χ1n) is 35.8. The minimum absolute atomic E-state index is 0.0760. The summed E-state index contributed by atoms with van der Waals surface area (Å²) in [5, 5.41) is 0. The zero-order chi connectivity index (χ0) is 58.5. The van der Waals surface area contributed by atoms with Crippen LogP contribution in [-0.4, -0.2) is 37.2 Å². The fraction of sp³-hybridized carbons (Fsp3) is 0.827. The Balaban J connectivity index is 4.24. The van der Waals surface area contributed by atoms with E-state index >= 15 is 0 Å². The predicted molar refractivity (Wildman–Crippen MR) is 353 cm³/mol. The van der Waals surface area contributed by atoms with E-state index in [9.17, 15) is 14.4 Å². The van der Waals surface area contributed by atoms with E-state index in [1.165, 1.54) is 244 Å². The van der Waals surface area contributed by atoms with E-state index in [0.717, 1.165) is 96.3 Å². The van der Waals surface area contributed by atoms with Crippen molar-refractivity contribution in [2.45, 2.75) is 386 Å². The number of hydrogen-bond acceptors (Lipinski definition) is 6. The number of rotatable bonds is 66. The van der Waals surface area contributed by atoms with Gasteiger partial charge < -0.3 is 14.2 Å². The van der Waals surface area contributed by atoms with E-state index in [0.29, 0.717) is 19.3 Å². The lowest BCUT2D eigenvalue weighted by atomic mass is 10.0. The van der Waals surface area contributed by atoms with E-state index in [1.54, 1.807) is 0 Å². The minimum atomic E-state index is -0.780. The van der Waals surface area contributed by atoms with Gasteiger partial charge in [0, 0.05) is 19.3 Å². The lowest BCUT2D eigenvalue weighted by molar-refractivity contribution is -0.167. The molecule has 6 heteroatoms. The van der Waals surface area contributed by atoms with Crippen molar-refractivity contribution in [3.63, 3.8) is 0 Å². The molecule has 0 N–H and O–H groups in total. The summed E-state index contributed by atoms with van der Waals surface area (Å²) in [7, 11) is 0. The molecule has 0 rings (SSSR count). The van der Waals surface area contributed by atoms with Gasteiger partial charge in [0.2, 0.25) is 0 Å². The molecule has 0 aromatic carbocycles. The van der Waals surface area contributed by atoms with Crippen molar-refractivity contribution in [1.29, 1.82) is 0 Å². The lowest BCUT2D eigenvalue weighted by Gasteiger charge is -2.18. The van der Waals surface area contributed by atoms with Crippen LogP contribution in [0.2, 0.25) is 0 Å². The molecular formula is C75H136O6. The zero-order valence-corrected chi connectivity index (χ0v) is 54.3. The van der Waals surface area contributed by atoms with Gasteiger partial charge in [-0.15, -0.1) is 0 Å². The van der Waals surface area contributed by atoms with Gasteiger partial charge >= 0.3 is 17.9 Å². The van der Waals surface area contributed by atoms with E-state index in [2.05, 4.69) is 81.5 Å². The summed E-state index contributed by atoms with van der Waals surface area (Å²) < 4.78 is 17.0. The zero-order valence-electron chi connectivity index (χ0n) is 54.3. The second-order valence-corrected chi connectivity index (χ2v) is 24.1. The molecule has 0 aromatic heterocycles. The average Bonchev–Trinajstić information content (AvgIpc) is 3.46. The Morgan fingerprint density at radius 1 is 0.247 bits per heavy atom. The van der Waals surface area contributed by atoms with Crippen LogP contribution in [0.25, 0.3) is 0 Å². The van der Waals surface area contributed by atoms with Crippen LogP contribution in [0, 0.1) is 0 Å². The van der Waals surface area contributed by atoms with Gasteiger partial charge in [0.05, 0.1) is 0 Å². The first-order valence-corrected chi connectivity index (χ1v) is 35.8. The van der Waals surface area contributed by atoms with Crippen LogP contribution in [0.5, 0.6) is 0 Å². The van der Waals surface area contributed by atoms with Crippen LogP contribution in [-0.2, 0) is 28.6 Å². The molecule has 0 aliphatic carbocycles. The molecule has 0 radical (unpaired) electrons. The molecule has 0 aromatic rings. The van der Waals surface area contributed by atoms with E-state index < -0.39 is 6.10 Å². The Morgan fingerprint density at radius 2 is 0.469 bits per heavy atom. The summed E-state index contributed by atoms with van der Waals surface area (Å²) in [5.74, 6) is -0.868. The van der Waals surface area contributed by atoms with Crippen LogP contribution < -0.4 is 0 Å². The highest BCUT2D eigenvalue weighted by Gasteiger charge is 2.19. The Labute approximate surface area is 504 Å². The van der Waals surface area contributed by atoms with Crippen molar-refractivity contribution in [3.05, 3.63) is 60.8 Å². The van der Waals surface area contributed by atoms with Crippen LogP contribution in [0.4, 0.5) is 0 Å². The van der Waals surface area contributed by atoms with Gasteiger partial charge in [0.1, 0.15) is 13.2 Å². The van der Waals surface area contributed by atoms with Crippen LogP contribution in [0.3, 0.4) is 0 Å². The number of unbranched alkanes of at least 4 members (excludes halogenated alkanes) is 45. The first-order chi connectivity index (χ1) is 40.0. The van der Waals surface area contributed by atoms with Gasteiger partial charge in [-0.1, -0.05) is 338 Å². The number of hydrogen-bond donors (Lipinski definition) is 0. The van der Waals surface area contributed by atoms with Gasteiger partial charge in [-0.2, -0.15) is 0 Å². The minimum Gasteiger partial charge on any atom is -0.462 e. The molecule has 0 saturated carbocycles. The Bertz CT molecular complexity index is 1440. The Kier molecular flexibility index (Phi) is 67.1. The summed E-state index contributed by atoms with van der Waals surface area (Å²) in [4.78, 5) is 38.4. The normalized spacial score (nSPS) is 12.4. The molecule has 81 heavy (non-hydrogen) atoms. The topological polar surface area (TPSA) is 78.9 Å². The third-order valence-electron chi connectivity index (χ3n) is 16.0. The molecule has 0 spiro atoms. The van der Waals surface area contributed by atoms with Crippen molar-refractivity contribution < 1.29 is 28.6 Å². The van der Waals surface area contributed by atoms with Crippen LogP contribution >= 0.6 is 0 Å². The fourth-order valence-electron chi connectivity index (χ4n) is 10.6.